The summed E-state index contributed by atoms with van der Waals surface area (Å²) in [6, 6.07) is 12.5. The van der Waals surface area contributed by atoms with Gasteiger partial charge in [-0.05, 0) is 49.7 Å². The lowest BCUT2D eigenvalue weighted by Gasteiger charge is -2.45. The molecule has 2 bridgehead atoms. The molecule has 2 saturated heterocycles. The molecule has 1 unspecified atom stereocenters. The van der Waals surface area contributed by atoms with Crippen LogP contribution in [-0.4, -0.2) is 80.5 Å². The number of carbonyl (C=O) groups excluding carboxylic acids is 4. The van der Waals surface area contributed by atoms with Crippen molar-refractivity contribution in [3.63, 3.8) is 0 Å². The van der Waals surface area contributed by atoms with Gasteiger partial charge in [-0.25, -0.2) is 0 Å². The largest absolute Gasteiger partial charge is 0.622 e. The Hall–Kier alpha value is -3.28. The van der Waals surface area contributed by atoms with Gasteiger partial charge in [0.05, 0.1) is 23.1 Å². The Balaban J connectivity index is 1.46. The molecule has 2 aromatic rings. The number of benzene rings is 2. The smallest absolute Gasteiger partial charge is 0.497 e. The molecule has 40 heavy (non-hydrogen) atoms. The van der Waals surface area contributed by atoms with E-state index in [-0.39, 0.29) is 23.0 Å². The second-order valence-electron chi connectivity index (χ2n) is 10.3. The SMILES string of the molecule is CC(C)CC(NC(=O)CNC(=O)c1cc(Cl)ccc1Cl)B1OC(=O)[C@H]2CN(c3ccccc3)C[C@H](C(=O)O1)N2C. The Kier molecular flexibility index (Phi) is 9.60. The highest BCUT2D eigenvalue weighted by Gasteiger charge is 2.49. The molecule has 2 heterocycles. The number of para-hydroxylation sites is 1. The molecule has 0 radical (unpaired) electrons. The first-order valence-corrected chi connectivity index (χ1v) is 13.7. The van der Waals surface area contributed by atoms with Crippen LogP contribution in [0, 0.1) is 5.92 Å². The van der Waals surface area contributed by atoms with Gasteiger partial charge in [0.15, 0.2) is 0 Å². The van der Waals surface area contributed by atoms with E-state index in [2.05, 4.69) is 10.6 Å². The number of carbonyl (C=O) groups is 4. The first kappa shape index (κ1) is 29.7. The third-order valence-corrected chi connectivity index (χ3v) is 7.45. The molecule has 212 valence electrons. The fourth-order valence-corrected chi connectivity index (χ4v) is 5.18. The highest BCUT2D eigenvalue weighted by atomic mass is 35.5. The van der Waals surface area contributed by atoms with E-state index in [0.717, 1.165) is 5.69 Å². The molecule has 13 heteroatoms. The molecule has 0 aliphatic carbocycles. The van der Waals surface area contributed by atoms with Gasteiger partial charge in [-0.2, -0.15) is 0 Å². The number of amides is 2. The monoisotopic (exact) mass is 588 g/mol. The topological polar surface area (TPSA) is 117 Å². The van der Waals surface area contributed by atoms with Gasteiger partial charge in [-0.1, -0.05) is 55.2 Å². The fraction of sp³-hybridized carbons (Fsp3) is 0.407. The molecule has 2 aliphatic rings. The van der Waals surface area contributed by atoms with Gasteiger partial charge in [0.2, 0.25) is 5.91 Å². The standard InChI is InChI=1S/C27H31BCl2N4O6/c1-16(2)11-23(32-24(35)13-31-25(36)19-12-17(29)9-10-20(19)30)28-39-26(37)21-14-34(18-7-5-4-6-8-18)15-22(33(21)3)27(38)40-28/h4-10,12,16,21-23H,11,13-15H2,1-3H3,(H,31,36)(H,32,35)/t21-,22-,23?/m1/s1. The second kappa shape index (κ2) is 12.9. The zero-order valence-electron chi connectivity index (χ0n) is 22.4. The number of hydrogen-bond acceptors (Lipinski definition) is 8. The van der Waals surface area contributed by atoms with Crippen LogP contribution >= 0.6 is 23.2 Å². The molecule has 3 atom stereocenters. The molecule has 2 aromatic carbocycles. The number of hydrogen-bond donors (Lipinski definition) is 2. The maximum absolute atomic E-state index is 13.3. The molecule has 4 rings (SSSR count). The van der Waals surface area contributed by atoms with Gasteiger partial charge in [-0.3, -0.25) is 24.1 Å². The van der Waals surface area contributed by atoms with Gasteiger partial charge in [0, 0.05) is 23.8 Å². The molecule has 2 N–H and O–H groups in total. The predicted molar refractivity (Wildman–Crippen MR) is 152 cm³/mol. The van der Waals surface area contributed by atoms with Crippen LogP contribution in [0.15, 0.2) is 48.5 Å². The first-order chi connectivity index (χ1) is 19.0. The number of piperazine rings is 1. The van der Waals surface area contributed by atoms with E-state index >= 15 is 0 Å². The Morgan fingerprint density at radius 3 is 2.25 bits per heavy atom. The molecule has 0 spiro atoms. The van der Waals surface area contributed by atoms with Gasteiger partial charge in [-0.15, -0.1) is 0 Å². The van der Waals surface area contributed by atoms with Crippen molar-refractivity contribution in [1.82, 2.24) is 15.5 Å². The number of rotatable bonds is 8. The van der Waals surface area contributed by atoms with Crippen molar-refractivity contribution in [2.45, 2.75) is 38.3 Å². The molecule has 2 fully saturated rings. The number of likely N-dealkylation sites (N-methyl/N-ethyl adjacent to an activating group) is 1. The van der Waals surface area contributed by atoms with Crippen LogP contribution in [0.5, 0.6) is 0 Å². The van der Waals surface area contributed by atoms with Crippen molar-refractivity contribution in [1.29, 1.82) is 0 Å². The fourth-order valence-electron chi connectivity index (χ4n) is 4.80. The van der Waals surface area contributed by atoms with Crippen LogP contribution in [0.3, 0.4) is 0 Å². The maximum Gasteiger partial charge on any atom is 0.622 e. The molecule has 10 nitrogen and oxygen atoms in total. The quantitative estimate of drug-likeness (QED) is 0.452. The predicted octanol–water partition coefficient (Wildman–Crippen LogP) is 2.57. The summed E-state index contributed by atoms with van der Waals surface area (Å²) in [6.07, 6.45) is 0.354. The molecule has 2 amide bonds. The first-order valence-electron chi connectivity index (χ1n) is 13.0. The molecular weight excluding hydrogens is 558 g/mol. The summed E-state index contributed by atoms with van der Waals surface area (Å²) >= 11 is 12.0. The summed E-state index contributed by atoms with van der Waals surface area (Å²) in [6.45, 7) is 4.12. The number of nitrogens with one attached hydrogen (secondary N) is 2. The van der Waals surface area contributed by atoms with Crippen LogP contribution in [0.4, 0.5) is 5.69 Å². The van der Waals surface area contributed by atoms with Crippen molar-refractivity contribution in [2.75, 3.05) is 31.6 Å². The lowest BCUT2D eigenvalue weighted by Crippen LogP contribution is -2.67. The van der Waals surface area contributed by atoms with Gasteiger partial charge < -0.3 is 24.8 Å². The van der Waals surface area contributed by atoms with Crippen molar-refractivity contribution in [3.05, 3.63) is 64.1 Å². The Bertz CT molecular complexity index is 1240. The van der Waals surface area contributed by atoms with Crippen LogP contribution in [0.1, 0.15) is 30.6 Å². The summed E-state index contributed by atoms with van der Waals surface area (Å²) in [4.78, 5) is 55.7. The van der Waals surface area contributed by atoms with Crippen molar-refractivity contribution < 1.29 is 28.5 Å². The van der Waals surface area contributed by atoms with E-state index < -0.39 is 48.9 Å². The van der Waals surface area contributed by atoms with E-state index in [1.165, 1.54) is 12.1 Å². The minimum Gasteiger partial charge on any atom is -0.497 e. The van der Waals surface area contributed by atoms with Gasteiger partial charge in [0.25, 0.3) is 5.91 Å². The molecule has 0 aromatic heterocycles. The lowest BCUT2D eigenvalue weighted by molar-refractivity contribution is -0.155. The maximum atomic E-state index is 13.3. The average molecular weight is 589 g/mol. The normalized spacial score (nSPS) is 20.2. The number of nitrogens with zero attached hydrogens (tertiary/aromatic N) is 2. The minimum absolute atomic E-state index is 0.0590. The summed E-state index contributed by atoms with van der Waals surface area (Å²) in [5.74, 6) is -3.02. The number of fused-ring (bicyclic) bond motifs is 2. The van der Waals surface area contributed by atoms with Crippen LogP contribution < -0.4 is 15.5 Å². The molecular formula is C27H31BCl2N4O6. The molecule has 0 saturated carbocycles. The van der Waals surface area contributed by atoms with Crippen molar-refractivity contribution in [2.24, 2.45) is 5.92 Å². The highest BCUT2D eigenvalue weighted by Crippen LogP contribution is 2.26. The average Bonchev–Trinajstić information content (AvgIpc) is 2.92. The summed E-state index contributed by atoms with van der Waals surface area (Å²) in [7, 11) is 0.370. The van der Waals surface area contributed by atoms with Gasteiger partial charge in [0.1, 0.15) is 12.1 Å². The van der Waals surface area contributed by atoms with E-state index in [1.807, 2.05) is 49.1 Å². The minimum atomic E-state index is -1.33. The Labute approximate surface area is 243 Å². The van der Waals surface area contributed by atoms with E-state index in [4.69, 9.17) is 32.5 Å². The Morgan fingerprint density at radius 1 is 1.02 bits per heavy atom. The van der Waals surface area contributed by atoms with Crippen LogP contribution in [0.25, 0.3) is 0 Å². The van der Waals surface area contributed by atoms with Crippen LogP contribution in [-0.2, 0) is 23.7 Å². The second-order valence-corrected chi connectivity index (χ2v) is 11.1. The number of anilines is 1. The summed E-state index contributed by atoms with van der Waals surface area (Å²) in [5, 5.41) is 5.78. The summed E-state index contributed by atoms with van der Waals surface area (Å²) in [5.41, 5.74) is 1.01. The summed E-state index contributed by atoms with van der Waals surface area (Å²) < 4.78 is 11.4. The number of halogens is 2. The van der Waals surface area contributed by atoms with E-state index in [9.17, 15) is 19.2 Å². The lowest BCUT2D eigenvalue weighted by atomic mass is 9.73. The van der Waals surface area contributed by atoms with Crippen molar-refractivity contribution >= 4 is 59.8 Å². The molecule has 2 aliphatic heterocycles. The van der Waals surface area contributed by atoms with E-state index in [1.54, 1.807) is 18.0 Å². The Morgan fingerprint density at radius 2 is 1.65 bits per heavy atom. The van der Waals surface area contributed by atoms with Gasteiger partial charge >= 0.3 is 19.1 Å². The van der Waals surface area contributed by atoms with Crippen molar-refractivity contribution in [3.8, 4) is 0 Å². The van der Waals surface area contributed by atoms with Crippen LogP contribution in [0.2, 0.25) is 10.0 Å². The third-order valence-electron chi connectivity index (χ3n) is 6.88. The zero-order chi connectivity index (χ0) is 29.0. The van der Waals surface area contributed by atoms with E-state index in [0.29, 0.717) is 24.5 Å². The third kappa shape index (κ3) is 7.07. The highest BCUT2D eigenvalue weighted by molar-refractivity contribution is 6.51. The zero-order valence-corrected chi connectivity index (χ0v) is 23.9.